The molecule has 0 aromatic rings. The summed E-state index contributed by atoms with van der Waals surface area (Å²) in [6, 6.07) is 0. The van der Waals surface area contributed by atoms with E-state index in [-0.39, 0.29) is 37.5 Å². The van der Waals surface area contributed by atoms with Crippen molar-refractivity contribution in [1.29, 1.82) is 0 Å². The second-order valence-corrected chi connectivity index (χ2v) is 21.6. The molecule has 0 N–H and O–H groups in total. The first-order valence-corrected chi connectivity index (χ1v) is 33.3. The Labute approximate surface area is 499 Å². The van der Waals surface area contributed by atoms with E-state index in [0.717, 1.165) is 135 Å². The van der Waals surface area contributed by atoms with Crippen LogP contribution >= 0.6 is 0 Å². The molecule has 6 heteroatoms. The minimum absolute atomic E-state index is 0.106. The Kier molecular flexibility index (Phi) is 63.9. The molecule has 0 fully saturated rings. The minimum atomic E-state index is -0.816. The van der Waals surface area contributed by atoms with Gasteiger partial charge in [-0.05, 0) is 135 Å². The molecule has 0 aromatic heterocycles. The summed E-state index contributed by atoms with van der Waals surface area (Å²) >= 11 is 0. The van der Waals surface area contributed by atoms with Gasteiger partial charge in [-0.2, -0.15) is 0 Å². The van der Waals surface area contributed by atoms with Crippen molar-refractivity contribution in [2.45, 2.75) is 297 Å². The lowest BCUT2D eigenvalue weighted by Crippen LogP contribution is -2.30. The van der Waals surface area contributed by atoms with Crippen molar-refractivity contribution in [2.75, 3.05) is 13.2 Å². The summed E-state index contributed by atoms with van der Waals surface area (Å²) in [5.74, 6) is -0.977. The highest BCUT2D eigenvalue weighted by Crippen LogP contribution is 2.16. The van der Waals surface area contributed by atoms with Crippen LogP contribution in [0.25, 0.3) is 0 Å². The molecule has 0 aliphatic rings. The van der Waals surface area contributed by atoms with Crippen LogP contribution in [0.4, 0.5) is 0 Å². The summed E-state index contributed by atoms with van der Waals surface area (Å²) in [6.45, 7) is 6.24. The van der Waals surface area contributed by atoms with Crippen molar-refractivity contribution >= 4 is 17.9 Å². The quantitative estimate of drug-likeness (QED) is 0.0261. The van der Waals surface area contributed by atoms with Crippen molar-refractivity contribution in [3.05, 3.63) is 146 Å². The average molecular weight is 1120 g/mol. The van der Waals surface area contributed by atoms with Crippen LogP contribution in [-0.4, -0.2) is 37.2 Å². The van der Waals surface area contributed by atoms with E-state index < -0.39 is 6.10 Å². The smallest absolute Gasteiger partial charge is 0.306 e. The fourth-order valence-electron chi connectivity index (χ4n) is 8.95. The summed E-state index contributed by atoms with van der Waals surface area (Å²) < 4.78 is 16.8. The topological polar surface area (TPSA) is 78.9 Å². The van der Waals surface area contributed by atoms with Gasteiger partial charge in [0.2, 0.25) is 0 Å². The number of hydrogen-bond donors (Lipinski definition) is 0. The average Bonchev–Trinajstić information content (AvgIpc) is 3.46. The predicted molar refractivity (Wildman–Crippen MR) is 352 cm³/mol. The van der Waals surface area contributed by atoms with Crippen LogP contribution in [0.15, 0.2) is 146 Å². The molecule has 6 nitrogen and oxygen atoms in total. The first kappa shape index (κ1) is 76.3. The minimum Gasteiger partial charge on any atom is -0.462 e. The summed E-state index contributed by atoms with van der Waals surface area (Å²) in [7, 11) is 0. The van der Waals surface area contributed by atoms with Crippen LogP contribution in [0.3, 0.4) is 0 Å². The highest BCUT2D eigenvalue weighted by Gasteiger charge is 2.19. The Morgan fingerprint density at radius 1 is 0.247 bits per heavy atom. The zero-order valence-corrected chi connectivity index (χ0v) is 52.5. The van der Waals surface area contributed by atoms with Gasteiger partial charge in [0.15, 0.2) is 6.10 Å². The van der Waals surface area contributed by atoms with Gasteiger partial charge in [0, 0.05) is 19.3 Å². The van der Waals surface area contributed by atoms with Gasteiger partial charge in [0.05, 0.1) is 0 Å². The Morgan fingerprint density at radius 3 is 0.728 bits per heavy atom. The highest BCUT2D eigenvalue weighted by atomic mass is 16.6. The Morgan fingerprint density at radius 2 is 0.444 bits per heavy atom. The van der Waals surface area contributed by atoms with Gasteiger partial charge in [0.1, 0.15) is 13.2 Å². The number of hydrogen-bond acceptors (Lipinski definition) is 6. The third-order valence-corrected chi connectivity index (χ3v) is 13.8. The molecular formula is C75H122O6. The molecule has 1 unspecified atom stereocenters. The molecule has 0 aliphatic carbocycles. The van der Waals surface area contributed by atoms with Crippen LogP contribution in [0, 0.1) is 0 Å². The van der Waals surface area contributed by atoms with E-state index >= 15 is 0 Å². The molecular weight excluding hydrogens is 997 g/mol. The van der Waals surface area contributed by atoms with E-state index in [9.17, 15) is 14.4 Å². The molecule has 0 bridgehead atoms. The Hall–Kier alpha value is -4.71. The fourth-order valence-corrected chi connectivity index (χ4v) is 8.95. The first-order chi connectivity index (χ1) is 40.0. The van der Waals surface area contributed by atoms with Gasteiger partial charge in [0.25, 0.3) is 0 Å². The molecule has 0 rings (SSSR count). The fraction of sp³-hybridized carbons (Fsp3) is 0.640. The molecule has 0 spiro atoms. The second-order valence-electron chi connectivity index (χ2n) is 21.6. The number of unbranched alkanes of at least 4 members (excludes halogenated alkanes) is 24. The number of carbonyl (C=O) groups is 3. The summed E-state index contributed by atoms with van der Waals surface area (Å²) in [4.78, 5) is 38.2. The van der Waals surface area contributed by atoms with E-state index in [1.807, 2.05) is 0 Å². The molecule has 0 saturated heterocycles. The van der Waals surface area contributed by atoms with Gasteiger partial charge < -0.3 is 14.2 Å². The Bertz CT molecular complexity index is 1760. The van der Waals surface area contributed by atoms with Crippen molar-refractivity contribution in [3.8, 4) is 0 Å². The van der Waals surface area contributed by atoms with Crippen LogP contribution < -0.4 is 0 Å². The zero-order chi connectivity index (χ0) is 58.5. The number of ether oxygens (including phenoxy) is 3. The molecule has 0 heterocycles. The monoisotopic (exact) mass is 1120 g/mol. The van der Waals surface area contributed by atoms with Crippen LogP contribution in [0.2, 0.25) is 0 Å². The number of allylic oxidation sites excluding steroid dienone is 24. The van der Waals surface area contributed by atoms with Gasteiger partial charge >= 0.3 is 17.9 Å². The molecule has 0 radical (unpaired) electrons. The summed E-state index contributed by atoms with van der Waals surface area (Å²) in [6.07, 6.45) is 97.5. The SMILES string of the molecule is CC/C=C\C/C=C\C/C=C\C/C=C\C/C=C\CCCCCCCCCCCCCCCCCCCCCC(=O)OCC(COC(=O)CCCCC/C=C\C/C=C\C/C=C\CC)OC(=O)CCCC/C=C\C/C=C\C/C=C\C/C=C\CC. The third kappa shape index (κ3) is 66.0. The number of rotatable bonds is 59. The largest absolute Gasteiger partial charge is 0.462 e. The first-order valence-electron chi connectivity index (χ1n) is 33.3. The zero-order valence-electron chi connectivity index (χ0n) is 52.5. The molecule has 0 saturated carbocycles. The molecule has 0 aliphatic heterocycles. The van der Waals surface area contributed by atoms with Crippen molar-refractivity contribution < 1.29 is 28.6 Å². The maximum Gasteiger partial charge on any atom is 0.306 e. The van der Waals surface area contributed by atoms with Crippen LogP contribution in [0.5, 0.6) is 0 Å². The molecule has 0 amide bonds. The van der Waals surface area contributed by atoms with E-state index in [1.165, 1.54) is 109 Å². The highest BCUT2D eigenvalue weighted by molar-refractivity contribution is 5.71. The molecule has 458 valence electrons. The number of carbonyl (C=O) groups excluding carboxylic acids is 3. The summed E-state index contributed by atoms with van der Waals surface area (Å²) in [5.41, 5.74) is 0. The second kappa shape index (κ2) is 67.8. The molecule has 81 heavy (non-hydrogen) atoms. The lowest BCUT2D eigenvalue weighted by molar-refractivity contribution is -0.167. The molecule has 1 atom stereocenters. The van der Waals surface area contributed by atoms with Gasteiger partial charge in [-0.3, -0.25) is 14.4 Å². The molecule has 0 aromatic carbocycles. The summed E-state index contributed by atoms with van der Waals surface area (Å²) in [5, 5.41) is 0. The number of esters is 3. The van der Waals surface area contributed by atoms with E-state index in [2.05, 4.69) is 167 Å². The maximum atomic E-state index is 12.9. The third-order valence-electron chi connectivity index (χ3n) is 13.8. The van der Waals surface area contributed by atoms with Crippen molar-refractivity contribution in [2.24, 2.45) is 0 Å². The maximum absolute atomic E-state index is 12.9. The van der Waals surface area contributed by atoms with Crippen LogP contribution in [0.1, 0.15) is 290 Å². The van der Waals surface area contributed by atoms with Gasteiger partial charge in [-0.15, -0.1) is 0 Å². The standard InChI is InChI=1S/C75H122O6/c1-4-7-10-13-16-19-22-25-27-28-29-30-31-32-33-34-35-36-37-38-39-40-41-42-43-44-45-46-48-50-53-56-59-62-65-68-74(77)80-71-72(70-79-73(76)67-64-61-58-55-52-49-24-21-18-15-12-9-6-3)81-75(78)69-66-63-60-57-54-51-47-26-23-20-17-14-11-8-5-2/h7-12,16-21,25-27,29-30,32-33,47,49,52,54,57,72H,4-6,13-15,22-24,28,31,34-46,48,50-51,53,55-56,58-71H2,1-3H3/b10-7-,11-8-,12-9-,19-16-,20-17-,21-18-,27-25-,30-29-,33-32-,47-26-,52-49-,57-54-. The van der Waals surface area contributed by atoms with Gasteiger partial charge in [-0.25, -0.2) is 0 Å². The Balaban J connectivity index is 4.17. The van der Waals surface area contributed by atoms with Crippen molar-refractivity contribution in [1.82, 2.24) is 0 Å². The normalized spacial score (nSPS) is 13.1. The van der Waals surface area contributed by atoms with Crippen molar-refractivity contribution in [3.63, 3.8) is 0 Å². The van der Waals surface area contributed by atoms with Crippen LogP contribution in [-0.2, 0) is 28.6 Å². The van der Waals surface area contributed by atoms with Gasteiger partial charge in [-0.1, -0.05) is 282 Å². The lowest BCUT2D eigenvalue weighted by atomic mass is 10.0. The van der Waals surface area contributed by atoms with E-state index in [4.69, 9.17) is 14.2 Å². The lowest BCUT2D eigenvalue weighted by Gasteiger charge is -2.18. The van der Waals surface area contributed by atoms with E-state index in [0.29, 0.717) is 19.3 Å². The predicted octanol–water partition coefficient (Wildman–Crippen LogP) is 23.1. The van der Waals surface area contributed by atoms with E-state index in [1.54, 1.807) is 0 Å².